The van der Waals surface area contributed by atoms with E-state index in [9.17, 15) is 0 Å². The Labute approximate surface area is 160 Å². The first-order chi connectivity index (χ1) is 13.2. The summed E-state index contributed by atoms with van der Waals surface area (Å²) < 4.78 is 12.6. The molecule has 2 aromatic heterocycles. The van der Waals surface area contributed by atoms with Crippen LogP contribution in [-0.4, -0.2) is 21.6 Å². The Morgan fingerprint density at radius 3 is 2.89 bits per heavy atom. The van der Waals surface area contributed by atoms with Gasteiger partial charge >= 0.3 is 0 Å². The zero-order chi connectivity index (χ0) is 18.4. The maximum Gasteiger partial charge on any atom is 0.231 e. The third-order valence-corrected chi connectivity index (χ3v) is 4.95. The fraction of sp³-hybridized carbons (Fsp3) is 0.100. The highest BCUT2D eigenvalue weighted by molar-refractivity contribution is 6.36. The molecule has 3 heterocycles. The first-order valence-electron chi connectivity index (χ1n) is 8.44. The van der Waals surface area contributed by atoms with Gasteiger partial charge in [0.15, 0.2) is 17.3 Å². The van der Waals surface area contributed by atoms with Crippen LogP contribution in [-0.2, 0) is 7.05 Å². The zero-order valence-corrected chi connectivity index (χ0v) is 15.2. The molecule has 0 atom stereocenters. The topological polar surface area (TPSA) is 61.2 Å². The Bertz CT molecular complexity index is 1170. The number of halogens is 1. The Kier molecular flexibility index (Phi) is 3.65. The largest absolute Gasteiger partial charge is 0.454 e. The molecule has 6 nitrogen and oxygen atoms in total. The number of aryl methyl sites for hydroxylation is 1. The number of rotatable bonds is 3. The van der Waals surface area contributed by atoms with E-state index in [2.05, 4.69) is 15.4 Å². The molecule has 0 amide bonds. The van der Waals surface area contributed by atoms with E-state index < -0.39 is 0 Å². The van der Waals surface area contributed by atoms with Gasteiger partial charge in [-0.1, -0.05) is 29.8 Å². The lowest BCUT2D eigenvalue weighted by Gasteiger charge is -2.11. The van der Waals surface area contributed by atoms with Crippen molar-refractivity contribution in [2.24, 2.45) is 7.05 Å². The van der Waals surface area contributed by atoms with E-state index in [-0.39, 0.29) is 6.79 Å². The van der Waals surface area contributed by atoms with Crippen molar-refractivity contribution in [3.63, 3.8) is 0 Å². The van der Waals surface area contributed by atoms with Crippen molar-refractivity contribution >= 4 is 34.1 Å². The highest BCUT2D eigenvalue weighted by Gasteiger charge is 2.17. The number of hydrogen-bond donors (Lipinski definition) is 1. The Balaban J connectivity index is 1.55. The summed E-state index contributed by atoms with van der Waals surface area (Å²) in [6, 6.07) is 15.5. The van der Waals surface area contributed by atoms with Crippen molar-refractivity contribution in [1.82, 2.24) is 14.8 Å². The lowest BCUT2D eigenvalue weighted by molar-refractivity contribution is 0.174. The molecule has 4 aromatic rings. The molecular weight excluding hydrogens is 364 g/mol. The number of nitrogens with zero attached hydrogens (tertiary/aromatic N) is 3. The lowest BCUT2D eigenvalue weighted by atomic mass is 10.0. The van der Waals surface area contributed by atoms with E-state index in [1.54, 1.807) is 10.9 Å². The van der Waals surface area contributed by atoms with Crippen LogP contribution in [0.5, 0.6) is 11.5 Å². The van der Waals surface area contributed by atoms with Crippen molar-refractivity contribution < 1.29 is 9.47 Å². The zero-order valence-electron chi connectivity index (χ0n) is 14.4. The molecule has 2 aromatic carbocycles. The smallest absolute Gasteiger partial charge is 0.231 e. The minimum atomic E-state index is 0.244. The summed E-state index contributed by atoms with van der Waals surface area (Å²) in [4.78, 5) is 4.43. The summed E-state index contributed by atoms with van der Waals surface area (Å²) in [6.45, 7) is 0.244. The van der Waals surface area contributed by atoms with Crippen LogP contribution in [0.15, 0.2) is 54.7 Å². The molecule has 5 rings (SSSR count). The second-order valence-electron chi connectivity index (χ2n) is 6.20. The van der Waals surface area contributed by atoms with Crippen LogP contribution in [0.25, 0.3) is 22.2 Å². The van der Waals surface area contributed by atoms with E-state index in [1.165, 1.54) is 0 Å². The van der Waals surface area contributed by atoms with E-state index in [1.807, 2.05) is 55.6 Å². The van der Waals surface area contributed by atoms with Crippen molar-refractivity contribution in [2.75, 3.05) is 12.1 Å². The van der Waals surface area contributed by atoms with Gasteiger partial charge in [-0.2, -0.15) is 5.10 Å². The highest BCUT2D eigenvalue weighted by atomic mass is 35.5. The van der Waals surface area contributed by atoms with Crippen LogP contribution in [0.4, 0.5) is 11.5 Å². The number of ether oxygens (including phenoxy) is 2. The third-order valence-electron chi connectivity index (χ3n) is 4.54. The maximum atomic E-state index is 6.71. The Morgan fingerprint density at radius 1 is 1.07 bits per heavy atom. The van der Waals surface area contributed by atoms with Gasteiger partial charge in [-0.05, 0) is 35.9 Å². The maximum absolute atomic E-state index is 6.71. The molecule has 1 aliphatic rings. The molecule has 0 radical (unpaired) electrons. The van der Waals surface area contributed by atoms with Crippen LogP contribution < -0.4 is 14.8 Å². The molecule has 1 N–H and O–H groups in total. The molecule has 0 saturated heterocycles. The minimum Gasteiger partial charge on any atom is -0.454 e. The van der Waals surface area contributed by atoms with Gasteiger partial charge in [-0.15, -0.1) is 0 Å². The average molecular weight is 379 g/mol. The van der Waals surface area contributed by atoms with Crippen LogP contribution in [0.1, 0.15) is 0 Å². The fourth-order valence-corrected chi connectivity index (χ4v) is 3.50. The average Bonchev–Trinajstić information content (AvgIpc) is 3.28. The predicted molar refractivity (Wildman–Crippen MR) is 105 cm³/mol. The molecule has 0 saturated carbocycles. The summed E-state index contributed by atoms with van der Waals surface area (Å²) in [6.07, 6.45) is 1.75. The van der Waals surface area contributed by atoms with Crippen LogP contribution in [0.3, 0.4) is 0 Å². The summed E-state index contributed by atoms with van der Waals surface area (Å²) in [5.41, 5.74) is 4.36. The highest BCUT2D eigenvalue weighted by Crippen LogP contribution is 2.40. The Hall–Kier alpha value is -3.25. The van der Waals surface area contributed by atoms with Gasteiger partial charge in [0.05, 0.1) is 16.2 Å². The third kappa shape index (κ3) is 2.65. The van der Waals surface area contributed by atoms with Crippen LogP contribution in [0.2, 0.25) is 5.02 Å². The van der Waals surface area contributed by atoms with Crippen LogP contribution >= 0.6 is 11.6 Å². The summed E-state index contributed by atoms with van der Waals surface area (Å²) in [5, 5.41) is 8.44. The molecule has 27 heavy (non-hydrogen) atoms. The standard InChI is InChI=1S/C20H15ClN4O2/c1-25-15-6-3-9-22-19(15)20(24-25)23-14-5-2-4-13(18(14)21)12-7-8-16-17(10-12)27-11-26-16/h2-10H,11H2,1H3,(H,23,24). The number of benzene rings is 2. The molecule has 0 unspecified atom stereocenters. The van der Waals surface area contributed by atoms with Gasteiger partial charge in [-0.25, -0.2) is 0 Å². The molecule has 0 fully saturated rings. The normalized spacial score (nSPS) is 12.5. The molecule has 7 heteroatoms. The number of aromatic nitrogens is 3. The van der Waals surface area contributed by atoms with Gasteiger partial charge in [0, 0.05) is 18.8 Å². The number of nitrogens with one attached hydrogen (secondary N) is 1. The Morgan fingerprint density at radius 2 is 1.96 bits per heavy atom. The van der Waals surface area contributed by atoms with Crippen molar-refractivity contribution in [3.05, 3.63) is 59.8 Å². The van der Waals surface area contributed by atoms with Gasteiger partial charge in [-0.3, -0.25) is 9.67 Å². The van der Waals surface area contributed by atoms with Crippen molar-refractivity contribution in [2.45, 2.75) is 0 Å². The van der Waals surface area contributed by atoms with Gasteiger partial charge in [0.25, 0.3) is 0 Å². The first kappa shape index (κ1) is 16.0. The molecule has 134 valence electrons. The number of fused-ring (bicyclic) bond motifs is 2. The summed E-state index contributed by atoms with van der Waals surface area (Å²) in [5.74, 6) is 2.13. The fourth-order valence-electron chi connectivity index (χ4n) is 3.22. The predicted octanol–water partition coefficient (Wildman–Crippen LogP) is 4.76. The van der Waals surface area contributed by atoms with E-state index in [0.717, 1.165) is 39.3 Å². The van der Waals surface area contributed by atoms with Gasteiger partial charge in [0.2, 0.25) is 6.79 Å². The molecule has 0 aliphatic carbocycles. The van der Waals surface area contributed by atoms with Gasteiger partial charge < -0.3 is 14.8 Å². The number of pyridine rings is 1. The van der Waals surface area contributed by atoms with Crippen molar-refractivity contribution in [3.8, 4) is 22.6 Å². The SMILES string of the molecule is Cn1nc(Nc2cccc(-c3ccc4c(c3)OCO4)c2Cl)c2ncccc21. The molecule has 0 spiro atoms. The molecule has 0 bridgehead atoms. The van der Waals surface area contributed by atoms with E-state index in [4.69, 9.17) is 21.1 Å². The number of hydrogen-bond acceptors (Lipinski definition) is 5. The minimum absolute atomic E-state index is 0.244. The van der Waals surface area contributed by atoms with Crippen LogP contribution in [0, 0.1) is 0 Å². The molecule has 1 aliphatic heterocycles. The van der Waals surface area contributed by atoms with E-state index in [0.29, 0.717) is 10.8 Å². The number of anilines is 2. The summed E-state index contributed by atoms with van der Waals surface area (Å²) >= 11 is 6.71. The lowest BCUT2D eigenvalue weighted by Crippen LogP contribution is -1.96. The second kappa shape index (κ2) is 6.17. The van der Waals surface area contributed by atoms with Crippen molar-refractivity contribution in [1.29, 1.82) is 0 Å². The summed E-state index contributed by atoms with van der Waals surface area (Å²) in [7, 11) is 1.89. The first-order valence-corrected chi connectivity index (χ1v) is 8.82. The quantitative estimate of drug-likeness (QED) is 0.557. The van der Waals surface area contributed by atoms with Gasteiger partial charge in [0.1, 0.15) is 5.52 Å². The second-order valence-corrected chi connectivity index (χ2v) is 6.58. The molecular formula is C20H15ClN4O2. The monoisotopic (exact) mass is 378 g/mol. The van der Waals surface area contributed by atoms with E-state index >= 15 is 0 Å².